The van der Waals surface area contributed by atoms with Gasteiger partial charge in [-0.3, -0.25) is 4.79 Å². The van der Waals surface area contributed by atoms with E-state index in [9.17, 15) is 4.79 Å². The van der Waals surface area contributed by atoms with Crippen molar-refractivity contribution in [3.63, 3.8) is 0 Å². The van der Waals surface area contributed by atoms with Gasteiger partial charge >= 0.3 is 0 Å². The summed E-state index contributed by atoms with van der Waals surface area (Å²) in [5, 5.41) is 5.22. The van der Waals surface area contributed by atoms with Gasteiger partial charge < -0.3 is 9.47 Å². The van der Waals surface area contributed by atoms with Crippen molar-refractivity contribution < 1.29 is 9.47 Å². The quantitative estimate of drug-likeness (QED) is 0.251. The first-order valence-electron chi connectivity index (χ1n) is 12.3. The van der Waals surface area contributed by atoms with E-state index in [0.29, 0.717) is 29.0 Å². The molecule has 35 heavy (non-hydrogen) atoms. The first-order valence-corrected chi connectivity index (χ1v) is 13.9. The molecule has 2 aromatic carbocycles. The Labute approximate surface area is 223 Å². The van der Waals surface area contributed by atoms with Gasteiger partial charge in [-0.2, -0.15) is 9.78 Å². The summed E-state index contributed by atoms with van der Waals surface area (Å²) < 4.78 is 15.0. The molecule has 0 unspecified atom stereocenters. The molecule has 1 aliphatic rings. The van der Waals surface area contributed by atoms with Gasteiger partial charge in [0.25, 0.3) is 5.56 Å². The zero-order chi connectivity index (χ0) is 24.9. The van der Waals surface area contributed by atoms with Gasteiger partial charge in [0, 0.05) is 20.4 Å². The maximum absolute atomic E-state index is 13.6. The molecule has 0 radical (unpaired) electrons. The summed E-state index contributed by atoms with van der Waals surface area (Å²) in [5.41, 5.74) is 1.34. The summed E-state index contributed by atoms with van der Waals surface area (Å²) in [4.78, 5) is 18.5. The van der Waals surface area contributed by atoms with Crippen LogP contribution in [0, 0.1) is 0 Å². The zero-order valence-corrected chi connectivity index (χ0v) is 23.6. The molecule has 186 valence electrons. The van der Waals surface area contributed by atoms with E-state index in [1.807, 2.05) is 44.2 Å². The van der Waals surface area contributed by atoms with Crippen LogP contribution in [0.1, 0.15) is 76.6 Å². The van der Waals surface area contributed by atoms with Crippen molar-refractivity contribution >= 4 is 49.0 Å². The second-order valence-corrected chi connectivity index (χ2v) is 10.7. The Kier molecular flexibility index (Phi) is 8.65. The van der Waals surface area contributed by atoms with Crippen molar-refractivity contribution in [1.82, 2.24) is 9.66 Å². The molecule has 0 bridgehead atoms. The van der Waals surface area contributed by atoms with Crippen molar-refractivity contribution in [2.24, 2.45) is 5.10 Å². The average molecular weight is 605 g/mol. The Bertz CT molecular complexity index is 1280. The minimum absolute atomic E-state index is 0.0697. The summed E-state index contributed by atoms with van der Waals surface area (Å²) in [5.74, 6) is 2.29. The molecule has 0 saturated heterocycles. The molecule has 1 fully saturated rings. The Hall–Kier alpha value is -2.19. The van der Waals surface area contributed by atoms with E-state index in [-0.39, 0.29) is 17.6 Å². The van der Waals surface area contributed by atoms with E-state index in [0.717, 1.165) is 52.4 Å². The molecule has 8 heteroatoms. The summed E-state index contributed by atoms with van der Waals surface area (Å²) in [6.07, 6.45) is 8.20. The predicted molar refractivity (Wildman–Crippen MR) is 148 cm³/mol. The molecule has 0 aliphatic heterocycles. The Morgan fingerprint density at radius 2 is 1.91 bits per heavy atom. The van der Waals surface area contributed by atoms with Crippen molar-refractivity contribution in [3.8, 4) is 11.5 Å². The van der Waals surface area contributed by atoms with Crippen LogP contribution in [0.3, 0.4) is 0 Å². The molecule has 1 atom stereocenters. The lowest BCUT2D eigenvalue weighted by Gasteiger charge is -2.22. The van der Waals surface area contributed by atoms with Crippen LogP contribution in [0.25, 0.3) is 10.9 Å². The van der Waals surface area contributed by atoms with Crippen LogP contribution in [0.2, 0.25) is 0 Å². The molecule has 3 aromatic rings. The number of benzene rings is 2. The van der Waals surface area contributed by atoms with Crippen molar-refractivity contribution in [2.45, 2.75) is 71.3 Å². The Balaban J connectivity index is 1.80. The second-order valence-electron chi connectivity index (χ2n) is 8.92. The molecular formula is C27H31Br2N3O3. The van der Waals surface area contributed by atoms with Gasteiger partial charge in [-0.1, -0.05) is 42.1 Å². The van der Waals surface area contributed by atoms with E-state index in [1.54, 1.807) is 6.21 Å². The number of aromatic nitrogens is 2. The van der Waals surface area contributed by atoms with E-state index in [2.05, 4.69) is 43.9 Å². The molecule has 0 spiro atoms. The number of ether oxygens (including phenoxy) is 2. The van der Waals surface area contributed by atoms with Crippen LogP contribution in [0.4, 0.5) is 0 Å². The van der Waals surface area contributed by atoms with Gasteiger partial charge in [0.2, 0.25) is 0 Å². The predicted octanol–water partition coefficient (Wildman–Crippen LogP) is 7.43. The fourth-order valence-electron chi connectivity index (χ4n) is 4.33. The number of rotatable bonds is 8. The van der Waals surface area contributed by atoms with Crippen molar-refractivity contribution in [3.05, 3.63) is 61.0 Å². The van der Waals surface area contributed by atoms with Gasteiger partial charge in [-0.15, -0.1) is 0 Å². The first-order chi connectivity index (χ1) is 16.9. The molecule has 1 aliphatic carbocycles. The molecule has 6 nitrogen and oxygen atoms in total. The highest BCUT2D eigenvalue weighted by molar-refractivity contribution is 9.10. The topological polar surface area (TPSA) is 65.7 Å². The van der Waals surface area contributed by atoms with Gasteiger partial charge in [0.05, 0.1) is 29.8 Å². The number of halogens is 2. The molecule has 4 rings (SSSR count). The highest BCUT2D eigenvalue weighted by atomic mass is 79.9. The molecular weight excluding hydrogens is 574 g/mol. The van der Waals surface area contributed by atoms with Crippen LogP contribution >= 0.6 is 31.9 Å². The highest BCUT2D eigenvalue weighted by Crippen LogP contribution is 2.35. The zero-order valence-electron chi connectivity index (χ0n) is 20.4. The van der Waals surface area contributed by atoms with Gasteiger partial charge in [-0.25, -0.2) is 4.98 Å². The summed E-state index contributed by atoms with van der Waals surface area (Å²) in [6, 6.07) is 9.42. The van der Waals surface area contributed by atoms with Crippen LogP contribution in [-0.4, -0.2) is 28.6 Å². The summed E-state index contributed by atoms with van der Waals surface area (Å²) in [7, 11) is 0. The minimum Gasteiger partial charge on any atom is -0.490 e. The average Bonchev–Trinajstić information content (AvgIpc) is 2.86. The molecule has 1 aromatic heterocycles. The lowest BCUT2D eigenvalue weighted by atomic mass is 9.88. The lowest BCUT2D eigenvalue weighted by molar-refractivity contribution is 0.203. The third kappa shape index (κ3) is 5.97. The standard InChI is InChI=1S/C27H31Br2N3O3/c1-4-17(3)35-25-15-22(29)19(13-24(25)34-5-2)16-30-32-26(18-9-7-6-8-10-18)31-23-12-11-20(28)14-21(23)27(32)33/h11-18H,4-10H2,1-3H3/t17-/m0/s1. The van der Waals surface area contributed by atoms with Crippen molar-refractivity contribution in [2.75, 3.05) is 6.61 Å². The number of fused-ring (bicyclic) bond motifs is 1. The summed E-state index contributed by atoms with van der Waals surface area (Å²) in [6.45, 7) is 6.57. The van der Waals surface area contributed by atoms with Gasteiger partial charge in [0.1, 0.15) is 5.82 Å². The van der Waals surface area contributed by atoms with E-state index in [4.69, 9.17) is 14.5 Å². The largest absolute Gasteiger partial charge is 0.490 e. The second kappa shape index (κ2) is 11.7. The first kappa shape index (κ1) is 25.9. The fraction of sp³-hybridized carbons (Fsp3) is 0.444. The molecule has 1 heterocycles. The highest BCUT2D eigenvalue weighted by Gasteiger charge is 2.22. The van der Waals surface area contributed by atoms with Crippen molar-refractivity contribution in [1.29, 1.82) is 0 Å². The number of hydrogen-bond donors (Lipinski definition) is 0. The summed E-state index contributed by atoms with van der Waals surface area (Å²) >= 11 is 7.12. The van der Waals surface area contributed by atoms with Crippen LogP contribution in [0.15, 0.2) is 49.2 Å². The SMILES string of the molecule is CCOc1cc(C=Nn2c(C3CCCCC3)nc3ccc(Br)cc3c2=O)c(Br)cc1O[C@@H](C)CC. The van der Waals surface area contributed by atoms with Crippen LogP contribution in [-0.2, 0) is 0 Å². The van der Waals surface area contributed by atoms with Gasteiger partial charge in [-0.05, 0) is 79.4 Å². The Morgan fingerprint density at radius 1 is 1.14 bits per heavy atom. The van der Waals surface area contributed by atoms with E-state index in [1.165, 1.54) is 11.1 Å². The van der Waals surface area contributed by atoms with E-state index >= 15 is 0 Å². The monoisotopic (exact) mass is 603 g/mol. The maximum Gasteiger partial charge on any atom is 0.282 e. The number of hydrogen-bond acceptors (Lipinski definition) is 5. The fourth-order valence-corrected chi connectivity index (χ4v) is 5.12. The maximum atomic E-state index is 13.6. The third-order valence-corrected chi connectivity index (χ3v) is 7.56. The Morgan fingerprint density at radius 3 is 2.63 bits per heavy atom. The van der Waals surface area contributed by atoms with Crippen LogP contribution in [0.5, 0.6) is 11.5 Å². The van der Waals surface area contributed by atoms with E-state index < -0.39 is 0 Å². The minimum atomic E-state index is -0.161. The molecule has 1 saturated carbocycles. The molecule has 0 N–H and O–H groups in total. The molecule has 0 amide bonds. The van der Waals surface area contributed by atoms with Gasteiger partial charge in [0.15, 0.2) is 11.5 Å². The van der Waals surface area contributed by atoms with Crippen LogP contribution < -0.4 is 15.0 Å². The normalized spacial score (nSPS) is 15.6. The lowest BCUT2D eigenvalue weighted by Crippen LogP contribution is -2.25. The smallest absolute Gasteiger partial charge is 0.282 e. The third-order valence-electron chi connectivity index (χ3n) is 6.38. The number of nitrogens with zero attached hydrogens (tertiary/aromatic N) is 3.